The van der Waals surface area contributed by atoms with E-state index in [2.05, 4.69) is 5.32 Å². The van der Waals surface area contributed by atoms with E-state index in [1.165, 1.54) is 12.1 Å². The Bertz CT molecular complexity index is 1050. The van der Waals surface area contributed by atoms with Crippen LogP contribution in [0.2, 0.25) is 0 Å². The van der Waals surface area contributed by atoms with Gasteiger partial charge in [-0.1, -0.05) is 12.1 Å². The molecule has 2 heterocycles. The molecule has 160 valence electrons. The van der Waals surface area contributed by atoms with Crippen molar-refractivity contribution in [3.05, 3.63) is 56.9 Å². The number of nitrogens with one attached hydrogen (secondary N) is 2. The van der Waals surface area contributed by atoms with Crippen molar-refractivity contribution in [2.75, 3.05) is 18.4 Å². The van der Waals surface area contributed by atoms with E-state index >= 15 is 0 Å². The first-order valence-corrected chi connectivity index (χ1v) is 8.98. The van der Waals surface area contributed by atoms with Crippen molar-refractivity contribution in [1.82, 2.24) is 9.88 Å². The van der Waals surface area contributed by atoms with E-state index in [4.69, 9.17) is 5.11 Å². The number of pyridine rings is 1. The first kappa shape index (κ1) is 21.2. The summed E-state index contributed by atoms with van der Waals surface area (Å²) in [6.45, 7) is -0.388. The summed E-state index contributed by atoms with van der Waals surface area (Å²) in [6, 6.07) is 4.23. The summed E-state index contributed by atoms with van der Waals surface area (Å²) in [5, 5.41) is 24.2. The second kappa shape index (κ2) is 8.09. The summed E-state index contributed by atoms with van der Waals surface area (Å²) < 4.78 is 39.5. The standard InChI is InChI=1S/C19H18F3N3O5/c20-19(21,22)11-5-3-10(4-6-11)9-25-16-12(2-1-7-23-16)15(28)14(18(25)30)17(29)24-8-13(26)27/h3-6,23,28H,1-2,7-9H2,(H,24,29)(H,26,27). The van der Waals surface area contributed by atoms with Gasteiger partial charge in [-0.2, -0.15) is 13.2 Å². The maximum atomic E-state index is 13.0. The van der Waals surface area contributed by atoms with Crippen LogP contribution in [0, 0.1) is 0 Å². The van der Waals surface area contributed by atoms with Crippen molar-refractivity contribution < 1.29 is 33.0 Å². The number of nitrogens with zero attached hydrogens (tertiary/aromatic N) is 1. The van der Waals surface area contributed by atoms with Gasteiger partial charge in [0.05, 0.1) is 12.1 Å². The Kier molecular flexibility index (Phi) is 5.72. The highest BCUT2D eigenvalue weighted by Crippen LogP contribution is 2.32. The van der Waals surface area contributed by atoms with E-state index in [-0.39, 0.29) is 12.4 Å². The lowest BCUT2D eigenvalue weighted by Crippen LogP contribution is -2.38. The SMILES string of the molecule is O=C(O)CNC(=O)c1c(O)c2c(n(Cc3ccc(C(F)(F)F)cc3)c1=O)NCCC2. The molecule has 3 rings (SSSR count). The lowest BCUT2D eigenvalue weighted by atomic mass is 10.0. The molecule has 0 atom stereocenters. The Morgan fingerprint density at radius 3 is 2.47 bits per heavy atom. The van der Waals surface area contributed by atoms with E-state index in [0.29, 0.717) is 30.5 Å². The zero-order chi connectivity index (χ0) is 22.1. The minimum Gasteiger partial charge on any atom is -0.506 e. The molecule has 0 aliphatic carbocycles. The number of rotatable bonds is 5. The van der Waals surface area contributed by atoms with Gasteiger partial charge >= 0.3 is 12.1 Å². The van der Waals surface area contributed by atoms with Crippen LogP contribution in [-0.4, -0.2) is 39.7 Å². The van der Waals surface area contributed by atoms with Gasteiger partial charge < -0.3 is 20.8 Å². The molecule has 11 heteroatoms. The van der Waals surface area contributed by atoms with Gasteiger partial charge in [0, 0.05) is 12.1 Å². The van der Waals surface area contributed by atoms with Crippen LogP contribution in [0.4, 0.5) is 19.0 Å². The molecule has 1 amide bonds. The number of carbonyl (C=O) groups excluding carboxylic acids is 1. The molecule has 4 N–H and O–H groups in total. The van der Waals surface area contributed by atoms with Gasteiger partial charge in [-0.3, -0.25) is 19.0 Å². The molecule has 1 aliphatic rings. The van der Waals surface area contributed by atoms with Crippen LogP contribution in [0.5, 0.6) is 5.75 Å². The van der Waals surface area contributed by atoms with Crippen LogP contribution in [-0.2, 0) is 23.9 Å². The zero-order valence-corrected chi connectivity index (χ0v) is 15.5. The van der Waals surface area contributed by atoms with Crippen LogP contribution >= 0.6 is 0 Å². The molecule has 2 aromatic rings. The third kappa shape index (κ3) is 4.24. The lowest BCUT2D eigenvalue weighted by Gasteiger charge is -2.25. The number of aliphatic carboxylic acids is 1. The quantitative estimate of drug-likeness (QED) is 0.580. The Hall–Kier alpha value is -3.50. The number of alkyl halides is 3. The number of benzene rings is 1. The van der Waals surface area contributed by atoms with Crippen molar-refractivity contribution in [2.24, 2.45) is 0 Å². The first-order chi connectivity index (χ1) is 14.1. The molecule has 1 aromatic heterocycles. The number of halogens is 3. The van der Waals surface area contributed by atoms with Crippen molar-refractivity contribution >= 4 is 17.7 Å². The molecule has 0 saturated carbocycles. The molecule has 0 saturated heterocycles. The Morgan fingerprint density at radius 1 is 1.20 bits per heavy atom. The first-order valence-electron chi connectivity index (χ1n) is 8.98. The highest BCUT2D eigenvalue weighted by atomic mass is 19.4. The van der Waals surface area contributed by atoms with Crippen molar-refractivity contribution in [1.29, 1.82) is 0 Å². The molecule has 0 unspecified atom stereocenters. The van der Waals surface area contributed by atoms with Gasteiger partial charge in [0.1, 0.15) is 23.7 Å². The predicted molar refractivity (Wildman–Crippen MR) is 99.7 cm³/mol. The predicted octanol–water partition coefficient (Wildman–Crippen LogP) is 1.79. The van der Waals surface area contributed by atoms with Crippen LogP contribution in [0.3, 0.4) is 0 Å². The highest BCUT2D eigenvalue weighted by molar-refractivity contribution is 5.98. The topological polar surface area (TPSA) is 121 Å². The van der Waals surface area contributed by atoms with Gasteiger partial charge in [0.25, 0.3) is 11.5 Å². The van der Waals surface area contributed by atoms with Crippen LogP contribution in [0.15, 0.2) is 29.1 Å². The summed E-state index contributed by atoms with van der Waals surface area (Å²) in [4.78, 5) is 36.0. The largest absolute Gasteiger partial charge is 0.506 e. The summed E-state index contributed by atoms with van der Waals surface area (Å²) in [5.74, 6) is -2.63. The fourth-order valence-corrected chi connectivity index (χ4v) is 3.26. The molecule has 30 heavy (non-hydrogen) atoms. The van der Waals surface area contributed by atoms with Gasteiger partial charge in [-0.15, -0.1) is 0 Å². The molecular formula is C19H18F3N3O5. The van der Waals surface area contributed by atoms with Crippen LogP contribution in [0.1, 0.15) is 33.5 Å². The monoisotopic (exact) mass is 425 g/mol. The third-order valence-electron chi connectivity index (χ3n) is 4.68. The van der Waals surface area contributed by atoms with Crippen molar-refractivity contribution in [2.45, 2.75) is 25.6 Å². The molecule has 1 aromatic carbocycles. The summed E-state index contributed by atoms with van der Waals surface area (Å²) >= 11 is 0. The molecule has 8 nitrogen and oxygen atoms in total. The maximum absolute atomic E-state index is 13.0. The Morgan fingerprint density at radius 2 is 1.87 bits per heavy atom. The van der Waals surface area contributed by atoms with Gasteiger partial charge in [-0.25, -0.2) is 0 Å². The Labute approximate surface area is 168 Å². The maximum Gasteiger partial charge on any atom is 0.416 e. The van der Waals surface area contributed by atoms with E-state index in [0.717, 1.165) is 16.7 Å². The number of carboxylic acid groups (broad SMARTS) is 1. The van der Waals surface area contributed by atoms with Gasteiger partial charge in [0.2, 0.25) is 0 Å². The number of carboxylic acids is 1. The van der Waals surface area contributed by atoms with Gasteiger partial charge in [0.15, 0.2) is 0 Å². The second-order valence-electron chi connectivity index (χ2n) is 6.74. The number of aromatic hydroxyl groups is 1. The van der Waals surface area contributed by atoms with E-state index < -0.39 is 47.0 Å². The number of amides is 1. The summed E-state index contributed by atoms with van der Waals surface area (Å²) in [7, 11) is 0. The third-order valence-corrected chi connectivity index (χ3v) is 4.68. The minimum atomic E-state index is -4.50. The molecule has 0 bridgehead atoms. The molecular weight excluding hydrogens is 407 g/mol. The van der Waals surface area contributed by atoms with Crippen LogP contribution in [0.25, 0.3) is 0 Å². The minimum absolute atomic E-state index is 0.147. The van der Waals surface area contributed by atoms with Crippen molar-refractivity contribution in [3.8, 4) is 5.75 Å². The average Bonchev–Trinajstić information content (AvgIpc) is 2.69. The Balaban J connectivity index is 2.05. The molecule has 0 fully saturated rings. The number of hydrogen-bond donors (Lipinski definition) is 4. The van der Waals surface area contributed by atoms with Gasteiger partial charge in [-0.05, 0) is 30.5 Å². The van der Waals surface area contributed by atoms with Crippen LogP contribution < -0.4 is 16.2 Å². The molecule has 1 aliphatic heterocycles. The lowest BCUT2D eigenvalue weighted by molar-refractivity contribution is -0.138. The number of aromatic nitrogens is 1. The number of fused-ring (bicyclic) bond motifs is 1. The summed E-state index contributed by atoms with van der Waals surface area (Å²) in [6.07, 6.45) is -3.51. The fraction of sp³-hybridized carbons (Fsp3) is 0.316. The van der Waals surface area contributed by atoms with E-state index in [9.17, 15) is 32.7 Å². The van der Waals surface area contributed by atoms with E-state index in [1.807, 2.05) is 5.32 Å². The summed E-state index contributed by atoms with van der Waals surface area (Å²) in [5.41, 5.74) is -1.64. The van der Waals surface area contributed by atoms with E-state index in [1.54, 1.807) is 0 Å². The number of anilines is 1. The van der Waals surface area contributed by atoms with Crippen molar-refractivity contribution in [3.63, 3.8) is 0 Å². The molecule has 0 radical (unpaired) electrons. The molecule has 0 spiro atoms. The highest BCUT2D eigenvalue weighted by Gasteiger charge is 2.30. The average molecular weight is 425 g/mol. The fourth-order valence-electron chi connectivity index (χ4n) is 3.26. The zero-order valence-electron chi connectivity index (χ0n) is 15.5. The number of hydrogen-bond acceptors (Lipinski definition) is 5. The number of carbonyl (C=O) groups is 2. The normalized spacial score (nSPS) is 13.3. The smallest absolute Gasteiger partial charge is 0.416 e. The second-order valence-corrected chi connectivity index (χ2v) is 6.74.